The van der Waals surface area contributed by atoms with Crippen LogP contribution >= 0.6 is 0 Å². The Labute approximate surface area is 186 Å². The number of hydrogen-bond donors (Lipinski definition) is 1. The van der Waals surface area contributed by atoms with E-state index in [0.29, 0.717) is 28.5 Å². The van der Waals surface area contributed by atoms with Gasteiger partial charge in [-0.3, -0.25) is 0 Å². The number of amides is 1. The quantitative estimate of drug-likeness (QED) is 0.543. The number of halogens is 1. The SMILES string of the molecule is CCOC(=O)N=S(C)(=O)Cc1cccc(Nc2cc(-c3ccc(F)cc3OC)ncn2)c1. The lowest BCUT2D eigenvalue weighted by Gasteiger charge is -2.11. The maximum Gasteiger partial charge on any atom is 0.441 e. The van der Waals surface area contributed by atoms with E-state index in [2.05, 4.69) is 19.6 Å². The van der Waals surface area contributed by atoms with Crippen molar-refractivity contribution in [3.05, 3.63) is 66.2 Å². The molecule has 0 aliphatic heterocycles. The largest absolute Gasteiger partial charge is 0.496 e. The van der Waals surface area contributed by atoms with Gasteiger partial charge in [-0.25, -0.2) is 23.4 Å². The van der Waals surface area contributed by atoms with E-state index in [1.54, 1.807) is 37.3 Å². The van der Waals surface area contributed by atoms with E-state index < -0.39 is 21.6 Å². The Morgan fingerprint density at radius 3 is 2.75 bits per heavy atom. The third-order valence-corrected chi connectivity index (χ3v) is 5.68. The summed E-state index contributed by atoms with van der Waals surface area (Å²) in [6.07, 6.45) is 1.97. The standard InChI is InChI=1S/C22H23FN4O4S/c1-4-31-22(28)27-32(3,29)13-15-6-5-7-17(10-15)26-21-12-19(24-14-25-21)18-9-8-16(23)11-20(18)30-2/h5-12,14H,4,13H2,1-3H3,(H,24,25,26). The van der Waals surface area contributed by atoms with E-state index in [-0.39, 0.29) is 12.4 Å². The normalized spacial score (nSPS) is 12.5. The van der Waals surface area contributed by atoms with Gasteiger partial charge in [0.2, 0.25) is 0 Å². The topological polar surface area (TPSA) is 103 Å². The number of ether oxygens (including phenoxy) is 2. The summed E-state index contributed by atoms with van der Waals surface area (Å²) in [5.41, 5.74) is 2.61. The number of carbonyl (C=O) groups is 1. The predicted octanol–water partition coefficient (Wildman–Crippen LogP) is 4.79. The number of rotatable bonds is 7. The number of methoxy groups -OCH3 is 1. The van der Waals surface area contributed by atoms with Gasteiger partial charge in [0.25, 0.3) is 0 Å². The van der Waals surface area contributed by atoms with Crippen LogP contribution in [-0.2, 0) is 20.2 Å². The Morgan fingerprint density at radius 2 is 2.00 bits per heavy atom. The summed E-state index contributed by atoms with van der Waals surface area (Å²) in [6, 6.07) is 13.1. The lowest BCUT2D eigenvalue weighted by Crippen LogP contribution is -2.07. The second kappa shape index (κ2) is 10.2. The van der Waals surface area contributed by atoms with E-state index in [9.17, 15) is 13.4 Å². The molecule has 3 rings (SSSR count). The number of hydrogen-bond acceptors (Lipinski definition) is 7. The fourth-order valence-electron chi connectivity index (χ4n) is 2.99. The Morgan fingerprint density at radius 1 is 1.19 bits per heavy atom. The zero-order valence-corrected chi connectivity index (χ0v) is 18.7. The summed E-state index contributed by atoms with van der Waals surface area (Å²) in [4.78, 5) is 20.0. The van der Waals surface area contributed by atoms with Crippen LogP contribution in [0.4, 0.5) is 20.7 Å². The predicted molar refractivity (Wildman–Crippen MR) is 121 cm³/mol. The molecule has 2 aromatic carbocycles. The minimum atomic E-state index is -2.80. The average molecular weight is 459 g/mol. The van der Waals surface area contributed by atoms with Gasteiger partial charge < -0.3 is 14.8 Å². The van der Waals surface area contributed by atoms with Crippen molar-refractivity contribution < 1.29 is 22.9 Å². The number of aromatic nitrogens is 2. The molecule has 1 aromatic heterocycles. The summed E-state index contributed by atoms with van der Waals surface area (Å²) in [6.45, 7) is 1.83. The molecule has 0 saturated heterocycles. The first-order valence-corrected chi connectivity index (χ1v) is 11.8. The third-order valence-electron chi connectivity index (χ3n) is 4.28. The van der Waals surface area contributed by atoms with Crippen LogP contribution < -0.4 is 10.1 Å². The van der Waals surface area contributed by atoms with Gasteiger partial charge in [0.15, 0.2) is 0 Å². The van der Waals surface area contributed by atoms with Crippen LogP contribution in [-0.4, -0.2) is 40.2 Å². The molecule has 1 atom stereocenters. The molecule has 0 saturated carbocycles. The molecule has 1 amide bonds. The van der Waals surface area contributed by atoms with Gasteiger partial charge in [-0.2, -0.15) is 0 Å². The zero-order valence-electron chi connectivity index (χ0n) is 17.9. The number of nitrogens with one attached hydrogen (secondary N) is 1. The molecular weight excluding hydrogens is 435 g/mol. The minimum absolute atomic E-state index is 0.0864. The molecule has 0 bridgehead atoms. The monoisotopic (exact) mass is 458 g/mol. The highest BCUT2D eigenvalue weighted by Gasteiger charge is 2.11. The average Bonchev–Trinajstić information content (AvgIpc) is 2.73. The molecule has 1 unspecified atom stereocenters. The van der Waals surface area contributed by atoms with Crippen LogP contribution in [0.15, 0.2) is 59.2 Å². The van der Waals surface area contributed by atoms with Gasteiger partial charge >= 0.3 is 6.09 Å². The molecular formula is C22H23FN4O4S. The van der Waals surface area contributed by atoms with E-state index in [4.69, 9.17) is 9.47 Å². The van der Waals surface area contributed by atoms with E-state index in [1.165, 1.54) is 31.8 Å². The first kappa shape index (κ1) is 23.1. The Balaban J connectivity index is 1.82. The molecule has 8 nitrogen and oxygen atoms in total. The second-order valence-corrected chi connectivity index (χ2v) is 9.24. The highest BCUT2D eigenvalue weighted by atomic mass is 32.2. The van der Waals surface area contributed by atoms with Gasteiger partial charge in [-0.1, -0.05) is 12.1 Å². The molecule has 1 heterocycles. The maximum atomic E-state index is 13.5. The lowest BCUT2D eigenvalue weighted by molar-refractivity contribution is 0.164. The first-order valence-electron chi connectivity index (χ1n) is 9.68. The van der Waals surface area contributed by atoms with Crippen LogP contribution in [0.25, 0.3) is 11.3 Å². The van der Waals surface area contributed by atoms with E-state index >= 15 is 0 Å². The molecule has 3 aromatic rings. The van der Waals surface area contributed by atoms with Gasteiger partial charge in [-0.15, -0.1) is 4.36 Å². The molecule has 168 valence electrons. The van der Waals surface area contributed by atoms with Gasteiger partial charge in [0.05, 0.1) is 34.9 Å². The molecule has 10 heteroatoms. The van der Waals surface area contributed by atoms with Crippen molar-refractivity contribution >= 4 is 27.3 Å². The summed E-state index contributed by atoms with van der Waals surface area (Å²) in [7, 11) is -1.33. The van der Waals surface area contributed by atoms with Gasteiger partial charge in [-0.05, 0) is 36.8 Å². The van der Waals surface area contributed by atoms with Crippen LogP contribution in [0.5, 0.6) is 5.75 Å². The number of anilines is 2. The van der Waals surface area contributed by atoms with Crippen molar-refractivity contribution in [3.63, 3.8) is 0 Å². The van der Waals surface area contributed by atoms with Crippen molar-refractivity contribution in [1.82, 2.24) is 9.97 Å². The van der Waals surface area contributed by atoms with Crippen molar-refractivity contribution in [3.8, 4) is 17.0 Å². The molecule has 1 N–H and O–H groups in total. The molecule has 0 spiro atoms. The molecule has 0 aliphatic rings. The number of benzene rings is 2. The number of carbonyl (C=O) groups excluding carboxylic acids is 1. The van der Waals surface area contributed by atoms with Gasteiger partial charge in [0, 0.05) is 29.6 Å². The second-order valence-electron chi connectivity index (χ2n) is 6.85. The fraction of sp³-hybridized carbons (Fsp3) is 0.227. The van der Waals surface area contributed by atoms with E-state index in [0.717, 1.165) is 5.56 Å². The molecule has 0 radical (unpaired) electrons. The van der Waals surface area contributed by atoms with Gasteiger partial charge in [0.1, 0.15) is 23.7 Å². The summed E-state index contributed by atoms with van der Waals surface area (Å²) in [5, 5.41) is 3.17. The molecule has 32 heavy (non-hydrogen) atoms. The Kier molecular flexibility index (Phi) is 7.37. The molecule has 0 aliphatic carbocycles. The summed E-state index contributed by atoms with van der Waals surface area (Å²) in [5.74, 6) is 0.548. The minimum Gasteiger partial charge on any atom is -0.496 e. The van der Waals surface area contributed by atoms with Crippen molar-refractivity contribution in [2.75, 3.05) is 25.3 Å². The lowest BCUT2D eigenvalue weighted by atomic mass is 10.1. The van der Waals surface area contributed by atoms with Crippen LogP contribution in [0, 0.1) is 5.82 Å². The maximum absolute atomic E-state index is 13.5. The van der Waals surface area contributed by atoms with Crippen molar-refractivity contribution in [2.24, 2.45) is 4.36 Å². The van der Waals surface area contributed by atoms with E-state index in [1.807, 2.05) is 6.07 Å². The summed E-state index contributed by atoms with van der Waals surface area (Å²) < 4.78 is 39.8. The van der Waals surface area contributed by atoms with Crippen LogP contribution in [0.3, 0.4) is 0 Å². The van der Waals surface area contributed by atoms with Crippen LogP contribution in [0.2, 0.25) is 0 Å². The smallest absolute Gasteiger partial charge is 0.441 e. The highest BCUT2D eigenvalue weighted by molar-refractivity contribution is 7.92. The van der Waals surface area contributed by atoms with Crippen molar-refractivity contribution in [2.45, 2.75) is 12.7 Å². The highest BCUT2D eigenvalue weighted by Crippen LogP contribution is 2.30. The number of nitrogens with zero attached hydrogens (tertiary/aromatic N) is 3. The zero-order chi connectivity index (χ0) is 23.1. The molecule has 0 fully saturated rings. The fourth-order valence-corrected chi connectivity index (χ4v) is 4.22. The summed E-state index contributed by atoms with van der Waals surface area (Å²) >= 11 is 0. The van der Waals surface area contributed by atoms with Crippen molar-refractivity contribution in [1.29, 1.82) is 0 Å². The van der Waals surface area contributed by atoms with Crippen LogP contribution in [0.1, 0.15) is 12.5 Å². The Hall–Kier alpha value is -3.53. The Bertz CT molecular complexity index is 1240. The first-order chi connectivity index (χ1) is 15.3. The third kappa shape index (κ3) is 6.24.